The molecule has 0 aliphatic carbocycles. The first-order valence-electron chi connectivity index (χ1n) is 9.15. The summed E-state index contributed by atoms with van der Waals surface area (Å²) in [5.41, 5.74) is 1.23. The number of nitrogens with one attached hydrogen (secondary N) is 1. The number of benzene rings is 1. The molecule has 0 bridgehead atoms. The largest absolute Gasteiger partial charge is 0.462 e. The van der Waals surface area contributed by atoms with Gasteiger partial charge in [0, 0.05) is 16.3 Å². The van der Waals surface area contributed by atoms with Crippen LogP contribution in [-0.2, 0) is 27.2 Å². The number of esters is 1. The zero-order chi connectivity index (χ0) is 20.8. The second-order valence-corrected chi connectivity index (χ2v) is 8.37. The molecule has 0 saturated heterocycles. The maximum absolute atomic E-state index is 12.6. The standard InChI is InChI=1S/C20H22N2O5S2/c1-3-27-19(24)17-14-9-10-22(20(25)26-2)11-15(14)29-18(17)21-16(23)12-28-13-7-5-4-6-8-13/h4-8H,3,9-12H2,1-2H3,(H,21,23). The molecule has 0 atom stereocenters. The van der Waals surface area contributed by atoms with Gasteiger partial charge in [-0.3, -0.25) is 4.79 Å². The molecule has 2 heterocycles. The van der Waals surface area contributed by atoms with Crippen LogP contribution in [0.2, 0.25) is 0 Å². The van der Waals surface area contributed by atoms with Crippen LogP contribution < -0.4 is 5.32 Å². The van der Waals surface area contributed by atoms with Crippen molar-refractivity contribution < 1.29 is 23.9 Å². The number of methoxy groups -OCH3 is 1. The van der Waals surface area contributed by atoms with E-state index in [0.29, 0.717) is 30.1 Å². The van der Waals surface area contributed by atoms with Crippen molar-refractivity contribution in [2.75, 3.05) is 31.3 Å². The Morgan fingerprint density at radius 1 is 1.24 bits per heavy atom. The van der Waals surface area contributed by atoms with Crippen molar-refractivity contribution in [3.63, 3.8) is 0 Å². The van der Waals surface area contributed by atoms with Gasteiger partial charge in [-0.15, -0.1) is 23.1 Å². The second-order valence-electron chi connectivity index (χ2n) is 6.22. The lowest BCUT2D eigenvalue weighted by Crippen LogP contribution is -2.35. The SMILES string of the molecule is CCOC(=O)c1c(NC(=O)CSc2ccccc2)sc2c1CCN(C(=O)OC)C2. The number of thiophene rings is 1. The zero-order valence-corrected chi connectivity index (χ0v) is 17.9. The van der Waals surface area contributed by atoms with Crippen LogP contribution in [-0.4, -0.2) is 48.9 Å². The fourth-order valence-electron chi connectivity index (χ4n) is 3.02. The summed E-state index contributed by atoms with van der Waals surface area (Å²) < 4.78 is 10.00. The molecule has 1 aromatic carbocycles. The highest BCUT2D eigenvalue weighted by Crippen LogP contribution is 2.38. The fraction of sp³-hybridized carbons (Fsp3) is 0.350. The fourth-order valence-corrected chi connectivity index (χ4v) is 5.01. The lowest BCUT2D eigenvalue weighted by molar-refractivity contribution is -0.113. The minimum atomic E-state index is -0.456. The van der Waals surface area contributed by atoms with Gasteiger partial charge < -0.3 is 19.7 Å². The molecule has 0 spiro atoms. The Hall–Kier alpha value is -2.52. The Bertz CT molecular complexity index is 898. The number of anilines is 1. The average molecular weight is 435 g/mol. The summed E-state index contributed by atoms with van der Waals surface area (Å²) in [4.78, 5) is 40.3. The van der Waals surface area contributed by atoms with Gasteiger partial charge in [-0.2, -0.15) is 0 Å². The Morgan fingerprint density at radius 2 is 2.00 bits per heavy atom. The quantitative estimate of drug-likeness (QED) is 0.550. The first-order valence-corrected chi connectivity index (χ1v) is 11.0. The monoisotopic (exact) mass is 434 g/mol. The highest BCUT2D eigenvalue weighted by molar-refractivity contribution is 8.00. The number of carbonyl (C=O) groups is 3. The van der Waals surface area contributed by atoms with Crippen LogP contribution in [0.1, 0.15) is 27.7 Å². The molecule has 1 aromatic heterocycles. The van der Waals surface area contributed by atoms with E-state index in [0.717, 1.165) is 15.3 Å². The van der Waals surface area contributed by atoms with Gasteiger partial charge in [0.25, 0.3) is 0 Å². The Balaban J connectivity index is 1.78. The number of thioether (sulfide) groups is 1. The van der Waals surface area contributed by atoms with Crippen LogP contribution >= 0.6 is 23.1 Å². The van der Waals surface area contributed by atoms with Crippen molar-refractivity contribution in [1.82, 2.24) is 4.90 Å². The third-order valence-electron chi connectivity index (χ3n) is 4.34. The number of hydrogen-bond acceptors (Lipinski definition) is 7. The second kappa shape index (κ2) is 9.80. The van der Waals surface area contributed by atoms with Gasteiger partial charge in [-0.1, -0.05) is 18.2 Å². The van der Waals surface area contributed by atoms with E-state index in [1.165, 1.54) is 30.2 Å². The first-order chi connectivity index (χ1) is 14.0. The van der Waals surface area contributed by atoms with E-state index in [4.69, 9.17) is 9.47 Å². The summed E-state index contributed by atoms with van der Waals surface area (Å²) in [6.07, 6.45) is 0.0931. The summed E-state index contributed by atoms with van der Waals surface area (Å²) in [5, 5.41) is 3.33. The molecular weight excluding hydrogens is 412 g/mol. The maximum atomic E-state index is 12.6. The third-order valence-corrected chi connectivity index (χ3v) is 6.48. The first kappa shape index (κ1) is 21.2. The number of fused-ring (bicyclic) bond motifs is 1. The maximum Gasteiger partial charge on any atom is 0.409 e. The third kappa shape index (κ3) is 5.10. The molecule has 0 unspecified atom stereocenters. The number of hydrogen-bond donors (Lipinski definition) is 1. The van der Waals surface area contributed by atoms with Gasteiger partial charge in [0.15, 0.2) is 0 Å². The molecule has 1 N–H and O–H groups in total. The lowest BCUT2D eigenvalue weighted by atomic mass is 10.0. The molecule has 0 radical (unpaired) electrons. The van der Waals surface area contributed by atoms with Crippen molar-refractivity contribution in [3.05, 3.63) is 46.3 Å². The van der Waals surface area contributed by atoms with E-state index in [2.05, 4.69) is 5.32 Å². The highest BCUT2D eigenvalue weighted by Gasteiger charge is 2.31. The molecule has 3 rings (SSSR count). The van der Waals surface area contributed by atoms with E-state index in [-0.39, 0.29) is 18.3 Å². The minimum Gasteiger partial charge on any atom is -0.462 e. The number of amides is 2. The molecule has 2 amide bonds. The Kier molecular flexibility index (Phi) is 7.16. The number of ether oxygens (including phenoxy) is 2. The summed E-state index contributed by atoms with van der Waals surface area (Å²) >= 11 is 2.73. The minimum absolute atomic E-state index is 0.201. The van der Waals surface area contributed by atoms with Crippen molar-refractivity contribution in [2.45, 2.75) is 24.8 Å². The molecule has 2 aromatic rings. The van der Waals surface area contributed by atoms with Crippen LogP contribution in [0.4, 0.5) is 9.80 Å². The molecule has 154 valence electrons. The lowest BCUT2D eigenvalue weighted by Gasteiger charge is -2.25. The van der Waals surface area contributed by atoms with E-state index in [1.807, 2.05) is 30.3 Å². The van der Waals surface area contributed by atoms with Crippen molar-refractivity contribution in [3.8, 4) is 0 Å². The van der Waals surface area contributed by atoms with Gasteiger partial charge in [0.1, 0.15) is 5.00 Å². The zero-order valence-electron chi connectivity index (χ0n) is 16.2. The van der Waals surface area contributed by atoms with E-state index >= 15 is 0 Å². The Morgan fingerprint density at radius 3 is 2.69 bits per heavy atom. The molecule has 0 saturated carbocycles. The van der Waals surface area contributed by atoms with Crippen LogP contribution in [0.3, 0.4) is 0 Å². The van der Waals surface area contributed by atoms with Crippen LogP contribution in [0.25, 0.3) is 0 Å². The summed E-state index contributed by atoms with van der Waals surface area (Å²) in [6.45, 7) is 2.77. The van der Waals surface area contributed by atoms with E-state index < -0.39 is 12.1 Å². The Labute approximate surface area is 177 Å². The number of rotatable bonds is 6. The van der Waals surface area contributed by atoms with E-state index in [9.17, 15) is 14.4 Å². The smallest absolute Gasteiger partial charge is 0.409 e. The van der Waals surface area contributed by atoms with Crippen LogP contribution in [0.15, 0.2) is 35.2 Å². The van der Waals surface area contributed by atoms with Crippen molar-refractivity contribution in [1.29, 1.82) is 0 Å². The van der Waals surface area contributed by atoms with Gasteiger partial charge >= 0.3 is 12.1 Å². The predicted octanol–water partition coefficient (Wildman–Crippen LogP) is 3.78. The molecule has 29 heavy (non-hydrogen) atoms. The molecule has 9 heteroatoms. The highest BCUT2D eigenvalue weighted by atomic mass is 32.2. The van der Waals surface area contributed by atoms with Gasteiger partial charge in [-0.25, -0.2) is 9.59 Å². The topological polar surface area (TPSA) is 84.9 Å². The number of nitrogens with zero attached hydrogens (tertiary/aromatic N) is 1. The van der Waals surface area contributed by atoms with Crippen LogP contribution in [0.5, 0.6) is 0 Å². The van der Waals surface area contributed by atoms with E-state index in [1.54, 1.807) is 11.8 Å². The van der Waals surface area contributed by atoms with Crippen LogP contribution in [0, 0.1) is 0 Å². The molecule has 7 nitrogen and oxygen atoms in total. The summed E-state index contributed by atoms with van der Waals surface area (Å²) in [7, 11) is 1.34. The molecule has 1 aliphatic heterocycles. The van der Waals surface area contributed by atoms with Crippen molar-refractivity contribution in [2.24, 2.45) is 0 Å². The van der Waals surface area contributed by atoms with Gasteiger partial charge in [0.05, 0.1) is 31.6 Å². The molecule has 0 fully saturated rings. The predicted molar refractivity (Wildman–Crippen MR) is 113 cm³/mol. The molecule has 1 aliphatic rings. The molecular formula is C20H22N2O5S2. The van der Waals surface area contributed by atoms with Gasteiger partial charge in [0.2, 0.25) is 5.91 Å². The van der Waals surface area contributed by atoms with Gasteiger partial charge in [-0.05, 0) is 31.0 Å². The normalized spacial score (nSPS) is 12.8. The number of carbonyl (C=O) groups excluding carboxylic acids is 3. The summed E-state index contributed by atoms with van der Waals surface area (Å²) in [6, 6.07) is 9.63. The van der Waals surface area contributed by atoms with Crippen molar-refractivity contribution >= 4 is 46.1 Å². The summed E-state index contributed by atoms with van der Waals surface area (Å²) in [5.74, 6) is -0.432. The average Bonchev–Trinajstić information content (AvgIpc) is 3.09.